The van der Waals surface area contributed by atoms with E-state index in [-0.39, 0.29) is 23.1 Å². The lowest BCUT2D eigenvalue weighted by molar-refractivity contribution is 0.0986. The monoisotopic (exact) mass is 420 g/mol. The lowest BCUT2D eigenvalue weighted by Crippen LogP contribution is -2.30. The summed E-state index contributed by atoms with van der Waals surface area (Å²) in [5.74, 6) is -1.73. The number of rotatable bonds is 4. The summed E-state index contributed by atoms with van der Waals surface area (Å²) in [7, 11) is 0. The summed E-state index contributed by atoms with van der Waals surface area (Å²) in [6, 6.07) is 13.1. The van der Waals surface area contributed by atoms with Crippen molar-refractivity contribution in [3.8, 4) is 0 Å². The van der Waals surface area contributed by atoms with Gasteiger partial charge in [0.25, 0.3) is 5.91 Å². The number of carbonyl (C=O) groups excluding carboxylic acids is 1. The molecule has 0 radical (unpaired) electrons. The van der Waals surface area contributed by atoms with Gasteiger partial charge in [-0.15, -0.1) is 0 Å². The van der Waals surface area contributed by atoms with Crippen molar-refractivity contribution < 1.29 is 13.6 Å². The number of aromatic amines is 1. The quantitative estimate of drug-likeness (QED) is 0.429. The van der Waals surface area contributed by atoms with Crippen molar-refractivity contribution in [2.24, 2.45) is 0 Å². The van der Waals surface area contributed by atoms with Gasteiger partial charge in [0.1, 0.15) is 11.3 Å². The molecule has 3 heterocycles. The molecule has 1 amide bonds. The van der Waals surface area contributed by atoms with Crippen molar-refractivity contribution in [1.29, 1.82) is 0 Å². The molecule has 0 aliphatic rings. The molecule has 0 fully saturated rings. The molecule has 0 saturated carbocycles. The van der Waals surface area contributed by atoms with Crippen LogP contribution in [0, 0.1) is 11.6 Å². The third-order valence-electron chi connectivity index (χ3n) is 4.76. The van der Waals surface area contributed by atoms with Crippen LogP contribution in [0.5, 0.6) is 0 Å². The summed E-state index contributed by atoms with van der Waals surface area (Å²) in [5.41, 5.74) is 2.14. The van der Waals surface area contributed by atoms with Gasteiger partial charge in [0.2, 0.25) is 0 Å². The molecule has 0 aliphatic carbocycles. The zero-order valence-electron chi connectivity index (χ0n) is 15.5. The maximum Gasteiger partial charge on any atom is 0.262 e. The summed E-state index contributed by atoms with van der Waals surface area (Å²) in [5, 5.41) is 1.06. The second-order valence-electron chi connectivity index (χ2n) is 6.73. The highest BCUT2D eigenvalue weighted by Crippen LogP contribution is 2.33. The number of halogens is 2. The molecule has 5 aromatic rings. The van der Waals surface area contributed by atoms with Crippen molar-refractivity contribution in [2.45, 2.75) is 6.54 Å². The normalized spacial score (nSPS) is 11.3. The zero-order valence-corrected chi connectivity index (χ0v) is 16.3. The van der Waals surface area contributed by atoms with Gasteiger partial charge < -0.3 is 4.98 Å². The van der Waals surface area contributed by atoms with E-state index in [0.717, 1.165) is 33.9 Å². The van der Waals surface area contributed by atoms with Crippen LogP contribution in [0.1, 0.15) is 15.9 Å². The predicted octanol–water partition coefficient (Wildman–Crippen LogP) is 5.30. The van der Waals surface area contributed by atoms with Crippen molar-refractivity contribution >= 4 is 43.5 Å². The zero-order chi connectivity index (χ0) is 20.7. The lowest BCUT2D eigenvalue weighted by atomic mass is 10.1. The van der Waals surface area contributed by atoms with E-state index in [4.69, 9.17) is 0 Å². The molecular weight excluding hydrogens is 406 g/mol. The standard InChI is InChI=1S/C22H14F2N4OS/c23-14-8-17(24)20-19(9-14)30-22(27-20)28(12-13-4-3-7-25-10-13)21(29)16-11-26-18-6-2-1-5-15(16)18/h1-11,26H,12H2. The van der Waals surface area contributed by atoms with E-state index in [9.17, 15) is 13.6 Å². The molecule has 0 atom stereocenters. The third kappa shape index (κ3) is 3.21. The summed E-state index contributed by atoms with van der Waals surface area (Å²) in [6.07, 6.45) is 4.95. The lowest BCUT2D eigenvalue weighted by Gasteiger charge is -2.19. The Morgan fingerprint density at radius 1 is 1.13 bits per heavy atom. The Hall–Kier alpha value is -3.65. The molecule has 5 rings (SSSR count). The van der Waals surface area contributed by atoms with Crippen molar-refractivity contribution in [2.75, 3.05) is 4.90 Å². The summed E-state index contributed by atoms with van der Waals surface area (Å²) >= 11 is 1.07. The first-order valence-electron chi connectivity index (χ1n) is 9.12. The van der Waals surface area contributed by atoms with Crippen LogP contribution in [0.25, 0.3) is 21.1 Å². The molecule has 148 valence electrons. The van der Waals surface area contributed by atoms with Crippen LogP contribution >= 0.6 is 11.3 Å². The highest BCUT2D eigenvalue weighted by Gasteiger charge is 2.25. The van der Waals surface area contributed by atoms with Gasteiger partial charge in [-0.2, -0.15) is 0 Å². The van der Waals surface area contributed by atoms with Crippen LogP contribution in [-0.4, -0.2) is 20.9 Å². The minimum atomic E-state index is -0.756. The fourth-order valence-electron chi connectivity index (χ4n) is 3.36. The Morgan fingerprint density at radius 3 is 2.83 bits per heavy atom. The number of carbonyl (C=O) groups is 1. The molecule has 0 saturated heterocycles. The highest BCUT2D eigenvalue weighted by molar-refractivity contribution is 7.22. The number of pyridine rings is 1. The average molecular weight is 420 g/mol. The molecule has 1 N–H and O–H groups in total. The topological polar surface area (TPSA) is 61.9 Å². The maximum absolute atomic E-state index is 14.2. The molecule has 0 bridgehead atoms. The van der Waals surface area contributed by atoms with E-state index in [0.29, 0.717) is 10.3 Å². The molecule has 0 aliphatic heterocycles. The maximum atomic E-state index is 14.2. The van der Waals surface area contributed by atoms with E-state index in [1.807, 2.05) is 30.3 Å². The van der Waals surface area contributed by atoms with Gasteiger partial charge >= 0.3 is 0 Å². The third-order valence-corrected chi connectivity index (χ3v) is 5.79. The van der Waals surface area contributed by atoms with Crippen LogP contribution in [0.2, 0.25) is 0 Å². The van der Waals surface area contributed by atoms with Gasteiger partial charge in [-0.25, -0.2) is 13.8 Å². The molecule has 30 heavy (non-hydrogen) atoms. The average Bonchev–Trinajstić information content (AvgIpc) is 3.37. The number of fused-ring (bicyclic) bond motifs is 2. The SMILES string of the molecule is O=C(c1c[nH]c2ccccc12)N(Cc1cccnc1)c1nc2c(F)cc(F)cc2s1. The second kappa shape index (κ2) is 7.31. The van der Waals surface area contributed by atoms with Crippen LogP contribution < -0.4 is 4.90 Å². The van der Waals surface area contributed by atoms with Gasteiger partial charge in [-0.3, -0.25) is 14.7 Å². The van der Waals surface area contributed by atoms with E-state index >= 15 is 0 Å². The number of anilines is 1. The van der Waals surface area contributed by atoms with E-state index in [1.54, 1.807) is 24.7 Å². The number of aromatic nitrogens is 3. The fourth-order valence-corrected chi connectivity index (χ4v) is 4.36. The molecule has 8 heteroatoms. The van der Waals surface area contributed by atoms with Crippen LogP contribution in [0.3, 0.4) is 0 Å². The highest BCUT2D eigenvalue weighted by atomic mass is 32.1. The van der Waals surface area contributed by atoms with Crippen molar-refractivity contribution in [3.05, 3.63) is 89.9 Å². The summed E-state index contributed by atoms with van der Waals surface area (Å²) in [6.45, 7) is 0.191. The number of benzene rings is 2. The van der Waals surface area contributed by atoms with Crippen molar-refractivity contribution in [1.82, 2.24) is 15.0 Å². The fraction of sp³-hybridized carbons (Fsp3) is 0.0455. The Labute approximate surface area is 173 Å². The smallest absolute Gasteiger partial charge is 0.262 e. The first-order valence-corrected chi connectivity index (χ1v) is 9.94. The molecule has 0 unspecified atom stereocenters. The summed E-state index contributed by atoms with van der Waals surface area (Å²) < 4.78 is 28.2. The minimum absolute atomic E-state index is 0.0410. The number of hydrogen-bond donors (Lipinski definition) is 1. The Bertz CT molecular complexity index is 1380. The van der Waals surface area contributed by atoms with Gasteiger partial charge in [-0.05, 0) is 23.8 Å². The Balaban J connectivity index is 1.63. The molecular formula is C22H14F2N4OS. The first kappa shape index (κ1) is 18.4. The number of amides is 1. The Morgan fingerprint density at radius 2 is 2.00 bits per heavy atom. The number of nitrogens with one attached hydrogen (secondary N) is 1. The minimum Gasteiger partial charge on any atom is -0.360 e. The van der Waals surface area contributed by atoms with E-state index in [1.165, 1.54) is 11.0 Å². The van der Waals surface area contributed by atoms with E-state index in [2.05, 4.69) is 15.0 Å². The first-order chi connectivity index (χ1) is 14.6. The van der Waals surface area contributed by atoms with Crippen LogP contribution in [0.15, 0.2) is 67.1 Å². The number of H-pyrrole nitrogens is 1. The molecule has 5 nitrogen and oxygen atoms in total. The van der Waals surface area contributed by atoms with Gasteiger partial charge in [0.05, 0.1) is 16.8 Å². The molecule has 3 aromatic heterocycles. The van der Waals surface area contributed by atoms with E-state index < -0.39 is 11.6 Å². The van der Waals surface area contributed by atoms with Gasteiger partial charge in [0, 0.05) is 35.6 Å². The summed E-state index contributed by atoms with van der Waals surface area (Å²) in [4.78, 5) is 26.5. The number of nitrogens with zero attached hydrogens (tertiary/aromatic N) is 3. The number of thiazole rings is 1. The largest absolute Gasteiger partial charge is 0.360 e. The van der Waals surface area contributed by atoms with Crippen LogP contribution in [-0.2, 0) is 6.54 Å². The molecule has 2 aromatic carbocycles. The van der Waals surface area contributed by atoms with Crippen molar-refractivity contribution in [3.63, 3.8) is 0 Å². The second-order valence-corrected chi connectivity index (χ2v) is 7.74. The van der Waals surface area contributed by atoms with Crippen LogP contribution in [0.4, 0.5) is 13.9 Å². The molecule has 0 spiro atoms. The predicted molar refractivity (Wildman–Crippen MR) is 113 cm³/mol. The van der Waals surface area contributed by atoms with Gasteiger partial charge in [0.15, 0.2) is 10.9 Å². The number of hydrogen-bond acceptors (Lipinski definition) is 4. The Kier molecular flexibility index (Phi) is 4.48. The number of para-hydroxylation sites is 1. The van der Waals surface area contributed by atoms with Gasteiger partial charge in [-0.1, -0.05) is 35.6 Å².